The first-order chi connectivity index (χ1) is 14.1. The Morgan fingerprint density at radius 1 is 1.07 bits per heavy atom. The van der Waals surface area contributed by atoms with E-state index in [0.717, 1.165) is 11.3 Å². The average molecular weight is 390 g/mol. The minimum Gasteiger partial charge on any atom is -0.454 e. The molecule has 0 unspecified atom stereocenters. The van der Waals surface area contributed by atoms with E-state index < -0.39 is 0 Å². The van der Waals surface area contributed by atoms with Gasteiger partial charge in [-0.05, 0) is 35.2 Å². The first-order valence-corrected chi connectivity index (χ1v) is 9.45. The largest absolute Gasteiger partial charge is 0.454 e. The number of hydrogen-bond acceptors (Lipinski definition) is 6. The summed E-state index contributed by atoms with van der Waals surface area (Å²) in [4.78, 5) is 20.9. The normalized spacial score (nSPS) is 12.1. The third-order valence-corrected chi connectivity index (χ3v) is 4.62. The first kappa shape index (κ1) is 18.7. The molecule has 0 bridgehead atoms. The van der Waals surface area contributed by atoms with Gasteiger partial charge in [0, 0.05) is 12.2 Å². The summed E-state index contributed by atoms with van der Waals surface area (Å²) in [5.41, 5.74) is 3.35. The molecule has 0 radical (unpaired) electrons. The summed E-state index contributed by atoms with van der Waals surface area (Å²) in [5.74, 6) is 2.09. The Kier molecular flexibility index (Phi) is 5.29. The van der Waals surface area contributed by atoms with Crippen LogP contribution in [0.1, 0.15) is 41.4 Å². The topological polar surface area (TPSA) is 85.4 Å². The number of ether oxygens (including phenoxy) is 2. The van der Waals surface area contributed by atoms with Gasteiger partial charge in [0.2, 0.25) is 6.79 Å². The zero-order valence-corrected chi connectivity index (χ0v) is 16.3. The monoisotopic (exact) mass is 390 g/mol. The minimum atomic E-state index is -0.288. The molecule has 3 aromatic rings. The van der Waals surface area contributed by atoms with Crippen LogP contribution in [0, 0.1) is 0 Å². The van der Waals surface area contributed by atoms with Gasteiger partial charge in [-0.2, -0.15) is 0 Å². The van der Waals surface area contributed by atoms with E-state index in [9.17, 15) is 4.79 Å². The predicted octanol–water partition coefficient (Wildman–Crippen LogP) is 4.00. The van der Waals surface area contributed by atoms with Gasteiger partial charge in [-0.15, -0.1) is 0 Å². The Labute approximate surface area is 169 Å². The molecule has 7 nitrogen and oxygen atoms in total. The van der Waals surface area contributed by atoms with E-state index in [1.54, 1.807) is 6.20 Å². The molecule has 7 heteroatoms. The van der Waals surface area contributed by atoms with Crippen molar-refractivity contribution in [2.24, 2.45) is 0 Å². The van der Waals surface area contributed by atoms with Crippen molar-refractivity contribution in [2.45, 2.75) is 26.3 Å². The lowest BCUT2D eigenvalue weighted by molar-refractivity contribution is 0.0945. The molecule has 2 heterocycles. The van der Waals surface area contributed by atoms with Gasteiger partial charge in [0.15, 0.2) is 11.5 Å². The van der Waals surface area contributed by atoms with Crippen LogP contribution in [-0.4, -0.2) is 22.7 Å². The van der Waals surface area contributed by atoms with Crippen molar-refractivity contribution < 1.29 is 14.3 Å². The number of benzene rings is 2. The molecule has 0 fully saturated rings. The number of rotatable bonds is 6. The molecule has 0 saturated carbocycles. The van der Waals surface area contributed by atoms with E-state index in [0.29, 0.717) is 29.8 Å². The van der Waals surface area contributed by atoms with Crippen LogP contribution in [0.2, 0.25) is 0 Å². The lowest BCUT2D eigenvalue weighted by atomic mass is 10.0. The van der Waals surface area contributed by atoms with Crippen molar-refractivity contribution in [1.82, 2.24) is 15.3 Å². The molecule has 0 atom stereocenters. The molecule has 2 aromatic carbocycles. The van der Waals surface area contributed by atoms with Gasteiger partial charge in [-0.1, -0.05) is 38.1 Å². The fraction of sp³-hybridized carbons (Fsp3) is 0.227. The second-order valence-corrected chi connectivity index (χ2v) is 7.02. The molecule has 148 valence electrons. The van der Waals surface area contributed by atoms with E-state index in [1.165, 1.54) is 11.8 Å². The number of amides is 1. The van der Waals surface area contributed by atoms with Gasteiger partial charge in [-0.3, -0.25) is 4.79 Å². The summed E-state index contributed by atoms with van der Waals surface area (Å²) >= 11 is 0. The maximum Gasteiger partial charge on any atom is 0.271 e. The number of hydrogen-bond donors (Lipinski definition) is 2. The van der Waals surface area contributed by atoms with Crippen molar-refractivity contribution in [1.29, 1.82) is 0 Å². The molecular formula is C22H22N4O3. The summed E-state index contributed by atoms with van der Waals surface area (Å²) < 4.78 is 10.6. The number of aromatic nitrogens is 2. The van der Waals surface area contributed by atoms with Crippen LogP contribution in [0.25, 0.3) is 0 Å². The first-order valence-electron chi connectivity index (χ1n) is 9.45. The van der Waals surface area contributed by atoms with Gasteiger partial charge >= 0.3 is 0 Å². The molecule has 4 rings (SSSR count). The van der Waals surface area contributed by atoms with Crippen molar-refractivity contribution in [3.05, 3.63) is 71.7 Å². The van der Waals surface area contributed by atoms with Crippen LogP contribution in [0.4, 0.5) is 11.5 Å². The predicted molar refractivity (Wildman–Crippen MR) is 110 cm³/mol. The highest BCUT2D eigenvalue weighted by molar-refractivity contribution is 5.92. The number of para-hydroxylation sites is 1. The molecule has 0 saturated heterocycles. The summed E-state index contributed by atoms with van der Waals surface area (Å²) in [6, 6.07) is 13.6. The van der Waals surface area contributed by atoms with E-state index in [2.05, 4.69) is 40.5 Å². The number of nitrogens with zero attached hydrogens (tertiary/aromatic N) is 2. The molecule has 1 aliphatic heterocycles. The number of carbonyl (C=O) groups is 1. The Hall–Kier alpha value is -3.61. The SMILES string of the molecule is CC(C)c1ccccc1Nc1cnc(C(=O)NCc2ccc3c(c2)OCO3)cn1. The van der Waals surface area contributed by atoms with Crippen LogP contribution >= 0.6 is 0 Å². The van der Waals surface area contributed by atoms with Crippen LogP contribution in [-0.2, 0) is 6.54 Å². The third kappa shape index (κ3) is 4.29. The minimum absolute atomic E-state index is 0.225. The van der Waals surface area contributed by atoms with Gasteiger partial charge in [0.05, 0.1) is 12.4 Å². The molecule has 2 N–H and O–H groups in total. The Balaban J connectivity index is 1.38. The second-order valence-electron chi connectivity index (χ2n) is 7.02. The molecule has 1 aliphatic rings. The molecule has 1 aromatic heterocycles. The molecule has 29 heavy (non-hydrogen) atoms. The Bertz CT molecular complexity index is 1020. The van der Waals surface area contributed by atoms with Crippen molar-refractivity contribution in [3.63, 3.8) is 0 Å². The van der Waals surface area contributed by atoms with Gasteiger partial charge < -0.3 is 20.1 Å². The highest BCUT2D eigenvalue weighted by atomic mass is 16.7. The third-order valence-electron chi connectivity index (χ3n) is 4.62. The van der Waals surface area contributed by atoms with Crippen molar-refractivity contribution >= 4 is 17.4 Å². The highest BCUT2D eigenvalue weighted by Crippen LogP contribution is 2.32. The van der Waals surface area contributed by atoms with Gasteiger partial charge in [0.25, 0.3) is 5.91 Å². The number of fused-ring (bicyclic) bond motifs is 1. The van der Waals surface area contributed by atoms with Gasteiger partial charge in [-0.25, -0.2) is 9.97 Å². The highest BCUT2D eigenvalue weighted by Gasteiger charge is 2.14. The van der Waals surface area contributed by atoms with Crippen LogP contribution in [0.15, 0.2) is 54.9 Å². The Morgan fingerprint density at radius 3 is 2.69 bits per heavy atom. The zero-order valence-electron chi connectivity index (χ0n) is 16.3. The molecule has 0 spiro atoms. The summed E-state index contributed by atoms with van der Waals surface area (Å²) in [6.45, 7) is 4.86. The summed E-state index contributed by atoms with van der Waals surface area (Å²) in [7, 11) is 0. The van der Waals surface area contributed by atoms with Crippen LogP contribution in [0.3, 0.4) is 0 Å². The molecular weight excluding hydrogens is 368 g/mol. The molecule has 0 aliphatic carbocycles. The van der Waals surface area contributed by atoms with E-state index in [4.69, 9.17) is 9.47 Å². The van der Waals surface area contributed by atoms with Crippen molar-refractivity contribution in [3.8, 4) is 11.5 Å². The fourth-order valence-electron chi connectivity index (χ4n) is 3.09. The van der Waals surface area contributed by atoms with Crippen LogP contribution in [0.5, 0.6) is 11.5 Å². The van der Waals surface area contributed by atoms with E-state index >= 15 is 0 Å². The number of carbonyl (C=O) groups excluding carboxylic acids is 1. The van der Waals surface area contributed by atoms with Gasteiger partial charge in [0.1, 0.15) is 11.5 Å². The maximum absolute atomic E-state index is 12.4. The smallest absolute Gasteiger partial charge is 0.271 e. The van der Waals surface area contributed by atoms with Crippen LogP contribution < -0.4 is 20.1 Å². The molecule has 1 amide bonds. The maximum atomic E-state index is 12.4. The summed E-state index contributed by atoms with van der Waals surface area (Å²) in [5, 5.41) is 6.11. The van der Waals surface area contributed by atoms with Crippen molar-refractivity contribution in [2.75, 3.05) is 12.1 Å². The quantitative estimate of drug-likeness (QED) is 0.662. The fourth-order valence-corrected chi connectivity index (χ4v) is 3.09. The Morgan fingerprint density at radius 2 is 1.90 bits per heavy atom. The summed E-state index contributed by atoms with van der Waals surface area (Å²) in [6.07, 6.45) is 3.03. The number of nitrogens with one attached hydrogen (secondary N) is 2. The lowest BCUT2D eigenvalue weighted by Crippen LogP contribution is -2.24. The zero-order chi connectivity index (χ0) is 20.2. The van der Waals surface area contributed by atoms with E-state index in [1.807, 2.05) is 36.4 Å². The van der Waals surface area contributed by atoms with E-state index in [-0.39, 0.29) is 18.4 Å². The standard InChI is InChI=1S/C22H22N4O3/c1-14(2)16-5-3-4-6-17(16)26-21-12-23-18(11-24-21)22(27)25-10-15-7-8-19-20(9-15)29-13-28-19/h3-9,11-12,14H,10,13H2,1-2H3,(H,24,26)(H,25,27). The lowest BCUT2D eigenvalue weighted by Gasteiger charge is -2.14. The number of anilines is 2. The average Bonchev–Trinajstić information content (AvgIpc) is 3.21. The second kappa shape index (κ2) is 8.18.